The minimum atomic E-state index is 0.132. The van der Waals surface area contributed by atoms with Gasteiger partial charge >= 0.3 is 0 Å². The molecule has 17 heavy (non-hydrogen) atoms. The summed E-state index contributed by atoms with van der Waals surface area (Å²) in [7, 11) is 0. The highest BCUT2D eigenvalue weighted by atomic mass is 32.1. The van der Waals surface area contributed by atoms with Crippen molar-refractivity contribution in [3.05, 3.63) is 23.8 Å². The Labute approximate surface area is 105 Å². The Kier molecular flexibility index (Phi) is 3.59. The summed E-state index contributed by atoms with van der Waals surface area (Å²) in [6, 6.07) is 0. The summed E-state index contributed by atoms with van der Waals surface area (Å²) in [5, 5.41) is 3.40. The fourth-order valence-electron chi connectivity index (χ4n) is 1.42. The van der Waals surface area contributed by atoms with E-state index in [2.05, 4.69) is 36.1 Å². The average Bonchev–Trinajstić information content (AvgIpc) is 2.83. The quantitative estimate of drug-likeness (QED) is 0.907. The van der Waals surface area contributed by atoms with Crippen LogP contribution in [-0.4, -0.2) is 22.1 Å². The maximum absolute atomic E-state index is 5.66. The van der Waals surface area contributed by atoms with E-state index in [0.717, 1.165) is 29.5 Å². The van der Waals surface area contributed by atoms with E-state index in [9.17, 15) is 0 Å². The van der Waals surface area contributed by atoms with E-state index in [1.807, 2.05) is 0 Å². The Morgan fingerprint density at radius 3 is 2.82 bits per heavy atom. The zero-order chi connectivity index (χ0) is 12.3. The summed E-state index contributed by atoms with van der Waals surface area (Å²) >= 11 is 1.56. The summed E-state index contributed by atoms with van der Waals surface area (Å²) in [6.45, 7) is 7.30. The van der Waals surface area contributed by atoms with E-state index < -0.39 is 0 Å². The standard InChI is InChI=1S/C12H17N3OS/c1-12(2,3)15-5-4-11-14-6-9(16-11)10-7-13-8-17-10/h6-8,15H,4-5H2,1-3H3. The molecule has 0 atom stereocenters. The van der Waals surface area contributed by atoms with Crippen molar-refractivity contribution in [2.45, 2.75) is 32.7 Å². The number of oxazole rings is 1. The third-order valence-corrected chi connectivity index (χ3v) is 3.01. The molecule has 0 fully saturated rings. The van der Waals surface area contributed by atoms with Crippen LogP contribution in [0.25, 0.3) is 10.6 Å². The van der Waals surface area contributed by atoms with Crippen LogP contribution in [0.4, 0.5) is 0 Å². The molecule has 0 radical (unpaired) electrons. The normalized spacial score (nSPS) is 11.9. The molecule has 0 amide bonds. The van der Waals surface area contributed by atoms with Crippen LogP contribution in [0.1, 0.15) is 26.7 Å². The first kappa shape index (κ1) is 12.3. The fraction of sp³-hybridized carbons (Fsp3) is 0.500. The maximum Gasteiger partial charge on any atom is 0.196 e. The van der Waals surface area contributed by atoms with Crippen LogP contribution in [0.15, 0.2) is 22.3 Å². The average molecular weight is 251 g/mol. The molecular formula is C12H17N3OS. The molecule has 2 rings (SSSR count). The highest BCUT2D eigenvalue weighted by Gasteiger charge is 2.10. The molecule has 0 spiro atoms. The van der Waals surface area contributed by atoms with Crippen molar-refractivity contribution in [3.8, 4) is 10.6 Å². The van der Waals surface area contributed by atoms with Gasteiger partial charge in [-0.3, -0.25) is 4.98 Å². The lowest BCUT2D eigenvalue weighted by Crippen LogP contribution is -2.37. The minimum absolute atomic E-state index is 0.132. The second-order valence-electron chi connectivity index (χ2n) is 4.91. The van der Waals surface area contributed by atoms with Gasteiger partial charge < -0.3 is 9.73 Å². The van der Waals surface area contributed by atoms with Crippen molar-refractivity contribution in [1.82, 2.24) is 15.3 Å². The number of nitrogens with zero attached hydrogens (tertiary/aromatic N) is 2. The number of thiazole rings is 1. The molecule has 0 aliphatic rings. The van der Waals surface area contributed by atoms with Crippen LogP contribution in [0.5, 0.6) is 0 Å². The number of aromatic nitrogens is 2. The number of hydrogen-bond acceptors (Lipinski definition) is 5. The maximum atomic E-state index is 5.66. The molecule has 0 aromatic carbocycles. The first-order chi connectivity index (χ1) is 8.04. The Morgan fingerprint density at radius 1 is 1.35 bits per heavy atom. The second-order valence-corrected chi connectivity index (χ2v) is 5.80. The van der Waals surface area contributed by atoms with E-state index in [0.29, 0.717) is 0 Å². The summed E-state index contributed by atoms with van der Waals surface area (Å²) in [6.07, 6.45) is 4.36. The van der Waals surface area contributed by atoms with Gasteiger partial charge in [0.25, 0.3) is 0 Å². The molecule has 92 valence electrons. The molecule has 0 saturated carbocycles. The van der Waals surface area contributed by atoms with Gasteiger partial charge in [0, 0.05) is 24.7 Å². The van der Waals surface area contributed by atoms with Crippen molar-refractivity contribution < 1.29 is 4.42 Å². The van der Waals surface area contributed by atoms with Crippen LogP contribution in [0.3, 0.4) is 0 Å². The largest absolute Gasteiger partial charge is 0.440 e. The third-order valence-electron chi connectivity index (χ3n) is 2.22. The number of hydrogen-bond donors (Lipinski definition) is 1. The molecule has 2 heterocycles. The van der Waals surface area contributed by atoms with Gasteiger partial charge in [0.15, 0.2) is 11.7 Å². The lowest BCUT2D eigenvalue weighted by Gasteiger charge is -2.19. The van der Waals surface area contributed by atoms with Crippen LogP contribution >= 0.6 is 11.3 Å². The smallest absolute Gasteiger partial charge is 0.196 e. The molecule has 5 heteroatoms. The molecule has 2 aromatic heterocycles. The predicted octanol–water partition coefficient (Wildman–Crippen LogP) is 2.73. The molecule has 0 bridgehead atoms. The van der Waals surface area contributed by atoms with Crippen molar-refractivity contribution in [2.24, 2.45) is 0 Å². The lowest BCUT2D eigenvalue weighted by atomic mass is 10.1. The monoisotopic (exact) mass is 251 g/mol. The SMILES string of the molecule is CC(C)(C)NCCc1ncc(-c2cncs2)o1. The lowest BCUT2D eigenvalue weighted by molar-refractivity contribution is 0.412. The molecule has 0 saturated heterocycles. The van der Waals surface area contributed by atoms with Crippen LogP contribution in [-0.2, 0) is 6.42 Å². The van der Waals surface area contributed by atoms with Gasteiger partial charge in [0.2, 0.25) is 0 Å². The van der Waals surface area contributed by atoms with E-state index >= 15 is 0 Å². The Hall–Kier alpha value is -1.20. The van der Waals surface area contributed by atoms with Gasteiger partial charge in [0.05, 0.1) is 16.6 Å². The van der Waals surface area contributed by atoms with Crippen molar-refractivity contribution >= 4 is 11.3 Å². The zero-order valence-corrected chi connectivity index (χ0v) is 11.2. The van der Waals surface area contributed by atoms with Crippen molar-refractivity contribution in [3.63, 3.8) is 0 Å². The molecule has 1 N–H and O–H groups in total. The molecule has 0 aliphatic heterocycles. The van der Waals surface area contributed by atoms with Crippen LogP contribution < -0.4 is 5.32 Å². The van der Waals surface area contributed by atoms with Gasteiger partial charge in [0.1, 0.15) is 0 Å². The summed E-state index contributed by atoms with van der Waals surface area (Å²) < 4.78 is 5.66. The van der Waals surface area contributed by atoms with Gasteiger partial charge in [-0.25, -0.2) is 4.98 Å². The van der Waals surface area contributed by atoms with E-state index in [4.69, 9.17) is 4.42 Å². The highest BCUT2D eigenvalue weighted by molar-refractivity contribution is 7.13. The summed E-state index contributed by atoms with van der Waals surface area (Å²) in [5.74, 6) is 1.57. The highest BCUT2D eigenvalue weighted by Crippen LogP contribution is 2.23. The topological polar surface area (TPSA) is 51.0 Å². The van der Waals surface area contributed by atoms with Gasteiger partial charge in [-0.05, 0) is 20.8 Å². The van der Waals surface area contributed by atoms with E-state index in [1.165, 1.54) is 0 Å². The van der Waals surface area contributed by atoms with Crippen molar-refractivity contribution in [1.29, 1.82) is 0 Å². The second kappa shape index (κ2) is 4.98. The molecular weight excluding hydrogens is 234 g/mol. The van der Waals surface area contributed by atoms with Gasteiger partial charge in [-0.1, -0.05) is 0 Å². The molecule has 2 aromatic rings. The molecule has 0 unspecified atom stereocenters. The summed E-state index contributed by atoms with van der Waals surface area (Å²) in [4.78, 5) is 9.31. The Morgan fingerprint density at radius 2 is 2.18 bits per heavy atom. The van der Waals surface area contributed by atoms with E-state index in [1.54, 1.807) is 29.2 Å². The fourth-order valence-corrected chi connectivity index (χ4v) is 1.99. The van der Waals surface area contributed by atoms with Gasteiger partial charge in [-0.2, -0.15) is 0 Å². The molecule has 0 aliphatic carbocycles. The number of rotatable bonds is 4. The minimum Gasteiger partial charge on any atom is -0.440 e. The van der Waals surface area contributed by atoms with Crippen LogP contribution in [0.2, 0.25) is 0 Å². The van der Waals surface area contributed by atoms with E-state index in [-0.39, 0.29) is 5.54 Å². The molecule has 4 nitrogen and oxygen atoms in total. The van der Waals surface area contributed by atoms with Crippen molar-refractivity contribution in [2.75, 3.05) is 6.54 Å². The van der Waals surface area contributed by atoms with Crippen LogP contribution in [0, 0.1) is 0 Å². The summed E-state index contributed by atoms with van der Waals surface area (Å²) in [5.41, 5.74) is 1.92. The first-order valence-electron chi connectivity index (χ1n) is 5.63. The van der Waals surface area contributed by atoms with Gasteiger partial charge in [-0.15, -0.1) is 11.3 Å². The number of nitrogens with one attached hydrogen (secondary N) is 1. The first-order valence-corrected chi connectivity index (χ1v) is 6.51. The Balaban J connectivity index is 1.91. The zero-order valence-electron chi connectivity index (χ0n) is 10.4. The predicted molar refractivity (Wildman–Crippen MR) is 69.1 cm³/mol. The Bertz CT molecular complexity index is 456. The third kappa shape index (κ3) is 3.64.